The van der Waals surface area contributed by atoms with Gasteiger partial charge in [-0.3, -0.25) is 4.79 Å². The first-order valence-corrected chi connectivity index (χ1v) is 5.82. The molecule has 0 heterocycles. The SMILES string of the molecule is O=C1C=Cc2ccc(O)c(c2)-c2c(O)cc(O)c1c2O. The fourth-order valence-corrected chi connectivity index (χ4v) is 2.26. The monoisotopic (exact) mass is 270 g/mol. The minimum absolute atomic E-state index is 0.0887. The summed E-state index contributed by atoms with van der Waals surface area (Å²) in [5.74, 6) is -2.26. The van der Waals surface area contributed by atoms with Gasteiger partial charge in [0, 0.05) is 11.6 Å². The summed E-state index contributed by atoms with van der Waals surface area (Å²) in [6.07, 6.45) is 2.70. The van der Waals surface area contributed by atoms with Crippen molar-refractivity contribution in [2.24, 2.45) is 0 Å². The van der Waals surface area contributed by atoms with Crippen LogP contribution in [0.3, 0.4) is 0 Å². The number of fused-ring (bicyclic) bond motifs is 5. The van der Waals surface area contributed by atoms with Crippen LogP contribution < -0.4 is 0 Å². The molecule has 0 saturated carbocycles. The van der Waals surface area contributed by atoms with Crippen LogP contribution in [0, 0.1) is 0 Å². The second-order valence-electron chi connectivity index (χ2n) is 4.49. The van der Waals surface area contributed by atoms with Gasteiger partial charge in [-0.25, -0.2) is 0 Å². The Morgan fingerprint density at radius 3 is 2.20 bits per heavy atom. The zero-order valence-corrected chi connectivity index (χ0v) is 10.2. The van der Waals surface area contributed by atoms with Crippen LogP contribution in [-0.4, -0.2) is 26.2 Å². The van der Waals surface area contributed by atoms with Crippen LogP contribution in [0.4, 0.5) is 0 Å². The van der Waals surface area contributed by atoms with Crippen LogP contribution in [0.15, 0.2) is 30.3 Å². The Morgan fingerprint density at radius 2 is 1.45 bits per heavy atom. The Morgan fingerprint density at radius 1 is 0.750 bits per heavy atom. The molecule has 20 heavy (non-hydrogen) atoms. The third-order valence-corrected chi connectivity index (χ3v) is 3.22. The molecular formula is C15H10O5. The first kappa shape index (κ1) is 12.1. The molecular weight excluding hydrogens is 260 g/mol. The molecule has 0 spiro atoms. The predicted molar refractivity (Wildman–Crippen MR) is 71.9 cm³/mol. The first-order valence-electron chi connectivity index (χ1n) is 5.82. The summed E-state index contributed by atoms with van der Waals surface area (Å²) in [6, 6.07) is 5.48. The summed E-state index contributed by atoms with van der Waals surface area (Å²) in [5.41, 5.74) is 0.398. The van der Waals surface area contributed by atoms with Gasteiger partial charge in [0.25, 0.3) is 0 Å². The minimum Gasteiger partial charge on any atom is -0.507 e. The lowest BCUT2D eigenvalue weighted by molar-refractivity contribution is 0.104. The summed E-state index contributed by atoms with van der Waals surface area (Å²) in [7, 11) is 0. The number of phenols is 4. The van der Waals surface area contributed by atoms with Crippen LogP contribution in [0.25, 0.3) is 17.2 Å². The van der Waals surface area contributed by atoms with Crippen molar-refractivity contribution in [2.45, 2.75) is 0 Å². The minimum atomic E-state index is -0.594. The molecule has 1 aliphatic carbocycles. The van der Waals surface area contributed by atoms with Crippen molar-refractivity contribution in [3.63, 3.8) is 0 Å². The van der Waals surface area contributed by atoms with Crippen molar-refractivity contribution in [2.75, 3.05) is 0 Å². The molecule has 0 saturated heterocycles. The Balaban J connectivity index is 2.50. The molecule has 0 aliphatic heterocycles. The molecule has 100 valence electrons. The molecule has 2 aromatic carbocycles. The van der Waals surface area contributed by atoms with E-state index in [1.165, 1.54) is 24.3 Å². The number of allylic oxidation sites excluding steroid dienone is 1. The van der Waals surface area contributed by atoms with Gasteiger partial charge in [-0.15, -0.1) is 0 Å². The molecule has 4 N–H and O–H groups in total. The van der Waals surface area contributed by atoms with Gasteiger partial charge in [-0.05, 0) is 23.8 Å². The molecule has 0 aromatic heterocycles. The highest BCUT2D eigenvalue weighted by Gasteiger charge is 2.25. The van der Waals surface area contributed by atoms with Crippen molar-refractivity contribution in [1.82, 2.24) is 0 Å². The zero-order chi connectivity index (χ0) is 14.4. The van der Waals surface area contributed by atoms with E-state index in [9.17, 15) is 25.2 Å². The van der Waals surface area contributed by atoms with E-state index in [2.05, 4.69) is 0 Å². The van der Waals surface area contributed by atoms with E-state index < -0.39 is 23.0 Å². The standard InChI is InChI=1S/C15H10O5/c16-9-3-1-7-2-4-10(17)14-12(19)6-11(18)13(15(14)20)8(9)5-7/h1-6,16,18-20H. The van der Waals surface area contributed by atoms with Crippen LogP contribution in [0.2, 0.25) is 0 Å². The highest BCUT2D eigenvalue weighted by atomic mass is 16.3. The van der Waals surface area contributed by atoms with Gasteiger partial charge < -0.3 is 20.4 Å². The van der Waals surface area contributed by atoms with Crippen molar-refractivity contribution in [3.8, 4) is 34.1 Å². The molecule has 2 aromatic rings. The predicted octanol–water partition coefficient (Wildman–Crippen LogP) is 2.39. The van der Waals surface area contributed by atoms with E-state index in [1.54, 1.807) is 6.07 Å². The second kappa shape index (κ2) is 4.03. The Kier molecular flexibility index (Phi) is 2.44. The van der Waals surface area contributed by atoms with Crippen LogP contribution >= 0.6 is 0 Å². The molecule has 5 heteroatoms. The summed E-state index contributed by atoms with van der Waals surface area (Å²) in [5, 5.41) is 39.7. The van der Waals surface area contributed by atoms with Gasteiger partial charge in [0.2, 0.25) is 0 Å². The van der Waals surface area contributed by atoms with Crippen LogP contribution in [0.5, 0.6) is 23.0 Å². The lowest BCUT2D eigenvalue weighted by Gasteiger charge is -2.13. The second-order valence-corrected chi connectivity index (χ2v) is 4.49. The van der Waals surface area contributed by atoms with Gasteiger partial charge in [-0.1, -0.05) is 12.1 Å². The van der Waals surface area contributed by atoms with E-state index in [0.717, 1.165) is 6.07 Å². The zero-order valence-electron chi connectivity index (χ0n) is 10.2. The lowest BCUT2D eigenvalue weighted by atomic mass is 9.97. The first-order chi connectivity index (χ1) is 9.49. The summed E-state index contributed by atoms with van der Waals surface area (Å²) >= 11 is 0. The average molecular weight is 270 g/mol. The number of aromatic hydroxyl groups is 4. The van der Waals surface area contributed by atoms with E-state index in [1.807, 2.05) is 0 Å². The number of rotatable bonds is 0. The van der Waals surface area contributed by atoms with Crippen molar-refractivity contribution < 1.29 is 25.2 Å². The summed E-state index contributed by atoms with van der Waals surface area (Å²) in [6.45, 7) is 0. The van der Waals surface area contributed by atoms with Gasteiger partial charge in [0.05, 0.1) is 5.56 Å². The normalized spacial score (nSPS) is 12.7. The van der Waals surface area contributed by atoms with Crippen molar-refractivity contribution >= 4 is 11.9 Å². The largest absolute Gasteiger partial charge is 0.507 e. The smallest absolute Gasteiger partial charge is 0.193 e. The molecule has 0 atom stereocenters. The third kappa shape index (κ3) is 1.60. The van der Waals surface area contributed by atoms with Gasteiger partial charge in [0.15, 0.2) is 5.78 Å². The highest BCUT2D eigenvalue weighted by Crippen LogP contribution is 2.47. The molecule has 0 unspecified atom stereocenters. The fourth-order valence-electron chi connectivity index (χ4n) is 2.26. The number of phenolic OH excluding ortho intramolecular Hbond substituents is 4. The van der Waals surface area contributed by atoms with Crippen LogP contribution in [0.1, 0.15) is 15.9 Å². The maximum absolute atomic E-state index is 12.0. The van der Waals surface area contributed by atoms with Crippen LogP contribution in [-0.2, 0) is 0 Å². The van der Waals surface area contributed by atoms with Gasteiger partial charge >= 0.3 is 0 Å². The topological polar surface area (TPSA) is 98.0 Å². The fraction of sp³-hybridized carbons (Fsp3) is 0. The summed E-state index contributed by atoms with van der Waals surface area (Å²) < 4.78 is 0. The average Bonchev–Trinajstić information content (AvgIpc) is 2.40. The third-order valence-electron chi connectivity index (χ3n) is 3.22. The van der Waals surface area contributed by atoms with Crippen molar-refractivity contribution in [1.29, 1.82) is 0 Å². The molecule has 0 amide bonds. The molecule has 5 nitrogen and oxygen atoms in total. The highest BCUT2D eigenvalue weighted by molar-refractivity contribution is 6.12. The van der Waals surface area contributed by atoms with E-state index in [-0.39, 0.29) is 22.4 Å². The number of carbonyl (C=O) groups excluding carboxylic acids is 1. The molecule has 4 bridgehead atoms. The van der Waals surface area contributed by atoms with Crippen molar-refractivity contribution in [3.05, 3.63) is 41.5 Å². The van der Waals surface area contributed by atoms with Gasteiger partial charge in [-0.2, -0.15) is 0 Å². The lowest BCUT2D eigenvalue weighted by Crippen LogP contribution is -1.97. The maximum Gasteiger partial charge on any atom is 0.193 e. The quantitative estimate of drug-likeness (QED) is 0.589. The van der Waals surface area contributed by atoms with E-state index >= 15 is 0 Å². The number of carbonyl (C=O) groups is 1. The van der Waals surface area contributed by atoms with E-state index in [0.29, 0.717) is 5.56 Å². The number of hydrogen-bond donors (Lipinski definition) is 4. The Hall–Kier alpha value is -2.95. The molecule has 1 aliphatic rings. The molecule has 3 rings (SSSR count). The number of benzene rings is 2. The molecule has 0 fully saturated rings. The Bertz CT molecular complexity index is 774. The van der Waals surface area contributed by atoms with E-state index in [4.69, 9.17) is 0 Å². The molecule has 0 radical (unpaired) electrons. The summed E-state index contributed by atoms with van der Waals surface area (Å²) in [4.78, 5) is 12.0. The number of hydrogen-bond acceptors (Lipinski definition) is 5. The number of ketones is 1. The Labute approximate surface area is 113 Å². The van der Waals surface area contributed by atoms with Gasteiger partial charge in [0.1, 0.15) is 28.6 Å². The maximum atomic E-state index is 12.0.